The van der Waals surface area contributed by atoms with Gasteiger partial charge in [0.05, 0.1) is 0 Å². The van der Waals surface area contributed by atoms with Crippen molar-refractivity contribution in [1.82, 2.24) is 4.98 Å². The monoisotopic (exact) mass is 438 g/mol. The van der Waals surface area contributed by atoms with Crippen LogP contribution in [0.2, 0.25) is 0 Å². The molecule has 0 amide bonds. The van der Waals surface area contributed by atoms with Crippen LogP contribution in [0.5, 0.6) is 0 Å². The number of aryl methyl sites for hydroxylation is 1. The zero-order chi connectivity index (χ0) is 24.4. The van der Waals surface area contributed by atoms with Crippen molar-refractivity contribution >= 4 is 5.71 Å². The molecule has 172 valence electrons. The third-order valence-corrected chi connectivity index (χ3v) is 4.88. The fourth-order valence-corrected chi connectivity index (χ4v) is 3.73. The van der Waals surface area contributed by atoms with Crippen LogP contribution in [-0.2, 0) is 19.3 Å². The van der Waals surface area contributed by atoms with Crippen molar-refractivity contribution in [2.75, 3.05) is 0 Å². The first-order valence-electron chi connectivity index (χ1n) is 11.5. The molecule has 0 N–H and O–H groups in total. The van der Waals surface area contributed by atoms with Crippen LogP contribution in [0.3, 0.4) is 0 Å². The molecule has 0 unspecified atom stereocenters. The van der Waals surface area contributed by atoms with Gasteiger partial charge < -0.3 is 0 Å². The van der Waals surface area contributed by atoms with Crippen LogP contribution in [-0.4, -0.2) is 10.7 Å². The predicted octanol–water partition coefficient (Wildman–Crippen LogP) is 8.09. The van der Waals surface area contributed by atoms with Gasteiger partial charge in [-0.1, -0.05) is 72.4 Å². The Hall–Kier alpha value is -3.26. The predicted molar refractivity (Wildman–Crippen MR) is 145 cm³/mol. The largest absolute Gasteiger partial charge is 0.258 e. The molecule has 0 saturated heterocycles. The Morgan fingerprint density at radius 3 is 2.21 bits per heavy atom. The third kappa shape index (κ3) is 10.3. The third-order valence-electron chi connectivity index (χ3n) is 4.88. The van der Waals surface area contributed by atoms with Crippen LogP contribution in [0, 0.1) is 6.92 Å². The highest BCUT2D eigenvalue weighted by Gasteiger charge is 2.06. The molecule has 0 aliphatic carbocycles. The summed E-state index contributed by atoms with van der Waals surface area (Å²) in [5.74, 6) is 0. The highest BCUT2D eigenvalue weighted by atomic mass is 14.7. The SMILES string of the molecule is C=C(/C=C\C=C(C)C)Cc1cc(CC(=C)/N=C(/C)C=C(C)C)cc(Cc2cccc(C)n2)c1. The van der Waals surface area contributed by atoms with Gasteiger partial charge in [0, 0.05) is 35.6 Å². The summed E-state index contributed by atoms with van der Waals surface area (Å²) in [6, 6.07) is 13.0. The molecular weight excluding hydrogens is 400 g/mol. The van der Waals surface area contributed by atoms with Gasteiger partial charge >= 0.3 is 0 Å². The van der Waals surface area contributed by atoms with Crippen molar-refractivity contribution in [2.24, 2.45) is 4.99 Å². The number of aromatic nitrogens is 1. The smallest absolute Gasteiger partial charge is 0.0450 e. The summed E-state index contributed by atoms with van der Waals surface area (Å²) < 4.78 is 0. The first-order chi connectivity index (χ1) is 15.6. The van der Waals surface area contributed by atoms with Gasteiger partial charge in [-0.25, -0.2) is 0 Å². The number of hydrogen-bond acceptors (Lipinski definition) is 2. The average Bonchev–Trinajstić information content (AvgIpc) is 2.66. The molecule has 0 atom stereocenters. The molecule has 1 aromatic carbocycles. The van der Waals surface area contributed by atoms with Crippen LogP contribution in [0.1, 0.15) is 62.7 Å². The minimum absolute atomic E-state index is 0.718. The van der Waals surface area contributed by atoms with Gasteiger partial charge in [-0.2, -0.15) is 0 Å². The molecule has 0 aliphatic rings. The summed E-state index contributed by atoms with van der Waals surface area (Å²) in [6.45, 7) is 20.9. The molecule has 0 spiro atoms. The summed E-state index contributed by atoms with van der Waals surface area (Å²) in [4.78, 5) is 9.38. The molecule has 2 aromatic rings. The van der Waals surface area contributed by atoms with Crippen LogP contribution in [0.15, 0.2) is 101 Å². The minimum atomic E-state index is 0.718. The number of allylic oxidation sites excluding steroid dienone is 8. The Labute approximate surface area is 200 Å². The minimum Gasteiger partial charge on any atom is -0.258 e. The van der Waals surface area contributed by atoms with E-state index in [2.05, 4.69) is 100 Å². The summed E-state index contributed by atoms with van der Waals surface area (Å²) in [5, 5.41) is 0. The van der Waals surface area contributed by atoms with Gasteiger partial charge in [0.25, 0.3) is 0 Å². The molecule has 0 saturated carbocycles. The maximum absolute atomic E-state index is 4.69. The summed E-state index contributed by atoms with van der Waals surface area (Å²) >= 11 is 0. The van der Waals surface area contributed by atoms with Crippen LogP contribution in [0.25, 0.3) is 0 Å². The van der Waals surface area contributed by atoms with E-state index in [0.29, 0.717) is 0 Å². The van der Waals surface area contributed by atoms with Crippen molar-refractivity contribution in [1.29, 1.82) is 0 Å². The zero-order valence-electron chi connectivity index (χ0n) is 21.2. The maximum Gasteiger partial charge on any atom is 0.0450 e. The fraction of sp³-hybridized carbons (Fsp3) is 0.290. The maximum atomic E-state index is 4.69. The normalized spacial score (nSPS) is 11.4. The van der Waals surface area contributed by atoms with E-state index in [-0.39, 0.29) is 0 Å². The lowest BCUT2D eigenvalue weighted by molar-refractivity contribution is 1.02. The Kier molecular flexibility index (Phi) is 10.00. The van der Waals surface area contributed by atoms with Gasteiger partial charge in [0.2, 0.25) is 0 Å². The number of nitrogens with zero attached hydrogens (tertiary/aromatic N) is 2. The number of benzene rings is 1. The standard InChI is InChI=1S/C31H38N2/c1-22(2)11-9-12-24(5)16-28-18-29(17-27(8)32-26(7)15-23(3)4)20-30(19-28)21-31-14-10-13-25(6)33-31/h9-15,18-20H,5,8,16-17,21H2,1-4,6-7H3/b12-9-,32-26-. The molecular formula is C31H38N2. The van der Waals surface area contributed by atoms with Gasteiger partial charge in [-0.15, -0.1) is 0 Å². The number of rotatable bonds is 10. The van der Waals surface area contributed by atoms with E-state index < -0.39 is 0 Å². The van der Waals surface area contributed by atoms with E-state index in [1.807, 2.05) is 19.9 Å². The van der Waals surface area contributed by atoms with Crippen LogP contribution >= 0.6 is 0 Å². The molecule has 0 radical (unpaired) electrons. The van der Waals surface area contributed by atoms with Crippen molar-refractivity contribution in [2.45, 2.75) is 60.8 Å². The van der Waals surface area contributed by atoms with Gasteiger partial charge in [0.1, 0.15) is 0 Å². The molecule has 2 rings (SSSR count). The van der Waals surface area contributed by atoms with Crippen LogP contribution in [0.4, 0.5) is 0 Å². The second-order valence-corrected chi connectivity index (χ2v) is 9.26. The lowest BCUT2D eigenvalue weighted by Crippen LogP contribution is -1.99. The lowest BCUT2D eigenvalue weighted by atomic mass is 9.96. The van der Waals surface area contributed by atoms with E-state index >= 15 is 0 Å². The van der Waals surface area contributed by atoms with Gasteiger partial charge in [-0.3, -0.25) is 9.98 Å². The Balaban J connectivity index is 2.31. The molecule has 0 bridgehead atoms. The Bertz CT molecular complexity index is 1120. The Morgan fingerprint density at radius 2 is 1.58 bits per heavy atom. The van der Waals surface area contributed by atoms with E-state index in [1.54, 1.807) is 0 Å². The number of hydrogen-bond donors (Lipinski definition) is 0. The molecule has 1 aromatic heterocycles. The molecule has 2 heteroatoms. The second kappa shape index (κ2) is 12.7. The molecule has 33 heavy (non-hydrogen) atoms. The van der Waals surface area contributed by atoms with E-state index in [1.165, 1.54) is 27.8 Å². The molecule has 0 aliphatic heterocycles. The first kappa shape index (κ1) is 26.0. The van der Waals surface area contributed by atoms with Crippen LogP contribution < -0.4 is 0 Å². The van der Waals surface area contributed by atoms with Gasteiger partial charge in [0.15, 0.2) is 0 Å². The number of pyridine rings is 1. The van der Waals surface area contributed by atoms with Crippen molar-refractivity contribution in [3.05, 3.63) is 124 Å². The summed E-state index contributed by atoms with van der Waals surface area (Å²) in [5.41, 5.74) is 11.3. The molecule has 0 fully saturated rings. The summed E-state index contributed by atoms with van der Waals surface area (Å²) in [7, 11) is 0. The quantitative estimate of drug-likeness (QED) is 0.272. The average molecular weight is 439 g/mol. The number of aliphatic imine (C=N–C) groups is 1. The van der Waals surface area contributed by atoms with Crippen molar-refractivity contribution < 1.29 is 0 Å². The second-order valence-electron chi connectivity index (χ2n) is 9.26. The van der Waals surface area contributed by atoms with Crippen molar-refractivity contribution in [3.63, 3.8) is 0 Å². The fourth-order valence-electron chi connectivity index (χ4n) is 3.73. The van der Waals surface area contributed by atoms with Crippen molar-refractivity contribution in [3.8, 4) is 0 Å². The first-order valence-corrected chi connectivity index (χ1v) is 11.5. The Morgan fingerprint density at radius 1 is 0.909 bits per heavy atom. The molecule has 1 heterocycles. The summed E-state index contributed by atoms with van der Waals surface area (Å²) in [6.07, 6.45) is 10.7. The van der Waals surface area contributed by atoms with E-state index in [9.17, 15) is 0 Å². The van der Waals surface area contributed by atoms with E-state index in [0.717, 1.165) is 47.6 Å². The molecule has 2 nitrogen and oxygen atoms in total. The topological polar surface area (TPSA) is 25.2 Å². The van der Waals surface area contributed by atoms with E-state index in [4.69, 9.17) is 4.98 Å². The highest BCUT2D eigenvalue weighted by Crippen LogP contribution is 2.20. The highest BCUT2D eigenvalue weighted by molar-refractivity contribution is 5.93. The zero-order valence-corrected chi connectivity index (χ0v) is 21.2. The van der Waals surface area contributed by atoms with Gasteiger partial charge in [-0.05, 0) is 82.9 Å². The lowest BCUT2D eigenvalue weighted by Gasteiger charge is -2.11.